The lowest BCUT2D eigenvalue weighted by Crippen LogP contribution is -2.19. The zero-order valence-electron chi connectivity index (χ0n) is 13.0. The number of rotatable bonds is 4. The van der Waals surface area contributed by atoms with E-state index in [1.54, 1.807) is 38.1 Å². The molecule has 3 N–H and O–H groups in total. The second kappa shape index (κ2) is 6.28. The number of benzene rings is 1. The Balaban J connectivity index is 1.81. The molecule has 0 bridgehead atoms. The van der Waals surface area contributed by atoms with Crippen LogP contribution < -0.4 is 11.2 Å². The number of nitrogen functional groups attached to an aromatic ring is 1. The number of aromatic nitrogens is 5. The molecule has 3 rings (SSSR count). The SMILES string of the molecule is CC(=NNC(=O)c1ccccc1)c1nnn(-c2nonc2N)c1C. The molecule has 10 nitrogen and oxygen atoms in total. The molecule has 2 aromatic heterocycles. The number of nitrogens with two attached hydrogens (primary N) is 1. The summed E-state index contributed by atoms with van der Waals surface area (Å²) >= 11 is 0. The molecule has 24 heavy (non-hydrogen) atoms. The third-order valence-corrected chi connectivity index (χ3v) is 3.29. The van der Waals surface area contributed by atoms with Crippen LogP contribution in [0.3, 0.4) is 0 Å². The molecule has 0 unspecified atom stereocenters. The van der Waals surface area contributed by atoms with Gasteiger partial charge in [-0.25, -0.2) is 10.1 Å². The Labute approximate surface area is 136 Å². The van der Waals surface area contributed by atoms with Gasteiger partial charge in [0.25, 0.3) is 5.91 Å². The maximum atomic E-state index is 12.0. The van der Waals surface area contributed by atoms with E-state index < -0.39 is 0 Å². The van der Waals surface area contributed by atoms with E-state index in [1.165, 1.54) is 4.68 Å². The summed E-state index contributed by atoms with van der Waals surface area (Å²) in [7, 11) is 0. The molecule has 0 fully saturated rings. The van der Waals surface area contributed by atoms with Gasteiger partial charge in [-0.2, -0.15) is 9.78 Å². The Kier molecular flexibility index (Phi) is 4.01. The molecule has 0 spiro atoms. The number of anilines is 1. The molecule has 122 valence electrons. The molecule has 1 aromatic carbocycles. The van der Waals surface area contributed by atoms with E-state index in [-0.39, 0.29) is 17.5 Å². The molecule has 10 heteroatoms. The van der Waals surface area contributed by atoms with Crippen molar-refractivity contribution in [1.82, 2.24) is 30.7 Å². The van der Waals surface area contributed by atoms with Crippen LogP contribution in [0.1, 0.15) is 28.7 Å². The minimum Gasteiger partial charge on any atom is -0.378 e. The van der Waals surface area contributed by atoms with E-state index in [9.17, 15) is 4.79 Å². The third-order valence-electron chi connectivity index (χ3n) is 3.29. The fourth-order valence-corrected chi connectivity index (χ4v) is 2.04. The normalized spacial score (nSPS) is 11.5. The van der Waals surface area contributed by atoms with Gasteiger partial charge in [0.15, 0.2) is 0 Å². The molecular weight excluding hydrogens is 312 g/mol. The highest BCUT2D eigenvalue weighted by atomic mass is 16.6. The number of hydrogen-bond donors (Lipinski definition) is 2. The van der Waals surface area contributed by atoms with Crippen molar-refractivity contribution in [2.24, 2.45) is 5.10 Å². The highest BCUT2D eigenvalue weighted by Gasteiger charge is 2.18. The van der Waals surface area contributed by atoms with Crippen molar-refractivity contribution in [3.8, 4) is 5.82 Å². The topological polar surface area (TPSA) is 137 Å². The van der Waals surface area contributed by atoms with E-state index in [1.807, 2.05) is 6.07 Å². The fraction of sp³-hybridized carbons (Fsp3) is 0.143. The van der Waals surface area contributed by atoms with Crippen LogP contribution in [0.25, 0.3) is 5.82 Å². The van der Waals surface area contributed by atoms with Gasteiger partial charge < -0.3 is 5.73 Å². The van der Waals surface area contributed by atoms with Crippen molar-refractivity contribution in [3.63, 3.8) is 0 Å². The lowest BCUT2D eigenvalue weighted by molar-refractivity contribution is 0.0955. The number of nitrogens with one attached hydrogen (secondary N) is 1. The Hall–Kier alpha value is -3.56. The molecule has 0 aliphatic heterocycles. The molecular formula is C14H14N8O2. The van der Waals surface area contributed by atoms with Crippen molar-refractivity contribution < 1.29 is 9.42 Å². The predicted octanol–water partition coefficient (Wildman–Crippen LogP) is 0.695. The zero-order valence-corrected chi connectivity index (χ0v) is 13.0. The maximum Gasteiger partial charge on any atom is 0.271 e. The summed E-state index contributed by atoms with van der Waals surface area (Å²) < 4.78 is 5.94. The van der Waals surface area contributed by atoms with Gasteiger partial charge in [0.05, 0.1) is 11.4 Å². The number of hydrogen-bond acceptors (Lipinski definition) is 8. The van der Waals surface area contributed by atoms with Gasteiger partial charge in [0.1, 0.15) is 5.69 Å². The van der Waals surface area contributed by atoms with E-state index in [0.717, 1.165) is 0 Å². The monoisotopic (exact) mass is 326 g/mol. The van der Waals surface area contributed by atoms with E-state index >= 15 is 0 Å². The molecule has 3 aromatic rings. The average molecular weight is 326 g/mol. The smallest absolute Gasteiger partial charge is 0.271 e. The van der Waals surface area contributed by atoms with Gasteiger partial charge >= 0.3 is 0 Å². The Morgan fingerprint density at radius 3 is 2.71 bits per heavy atom. The third kappa shape index (κ3) is 2.84. The van der Waals surface area contributed by atoms with Crippen LogP contribution in [-0.2, 0) is 0 Å². The van der Waals surface area contributed by atoms with Crippen LogP contribution in [0.15, 0.2) is 40.1 Å². The van der Waals surface area contributed by atoms with Crippen molar-refractivity contribution in [2.45, 2.75) is 13.8 Å². The summed E-state index contributed by atoms with van der Waals surface area (Å²) in [5, 5.41) is 19.2. The predicted molar refractivity (Wildman–Crippen MR) is 84.5 cm³/mol. The van der Waals surface area contributed by atoms with E-state index in [0.29, 0.717) is 22.7 Å². The quantitative estimate of drug-likeness (QED) is 0.531. The Morgan fingerprint density at radius 1 is 1.29 bits per heavy atom. The molecule has 0 aliphatic rings. The molecule has 0 saturated heterocycles. The first kappa shape index (κ1) is 15.3. The number of carbonyl (C=O) groups excluding carboxylic acids is 1. The summed E-state index contributed by atoms with van der Waals surface area (Å²) in [5.41, 5.74) is 10.2. The summed E-state index contributed by atoms with van der Waals surface area (Å²) in [4.78, 5) is 12.0. The number of amides is 1. The van der Waals surface area contributed by atoms with Crippen LogP contribution in [0.4, 0.5) is 5.82 Å². The van der Waals surface area contributed by atoms with Crippen LogP contribution in [0.2, 0.25) is 0 Å². The first-order valence-corrected chi connectivity index (χ1v) is 6.98. The molecule has 1 amide bonds. The van der Waals surface area contributed by atoms with Gasteiger partial charge in [0.2, 0.25) is 11.6 Å². The standard InChI is InChI=1S/C14H14N8O2/c1-8(16-18-14(23)10-6-4-3-5-7-10)11-9(2)22(21-17-11)13-12(15)19-24-20-13/h3-7H,1-2H3,(H2,15,19)(H,18,23). The molecule has 0 radical (unpaired) electrons. The second-order valence-electron chi connectivity index (χ2n) is 4.91. The highest BCUT2D eigenvalue weighted by molar-refractivity contribution is 6.00. The lowest BCUT2D eigenvalue weighted by atomic mass is 10.2. The van der Waals surface area contributed by atoms with Gasteiger partial charge in [-0.1, -0.05) is 23.4 Å². The summed E-state index contributed by atoms with van der Waals surface area (Å²) in [6.07, 6.45) is 0. The minimum absolute atomic E-state index is 0.0986. The molecule has 0 atom stereocenters. The maximum absolute atomic E-state index is 12.0. The van der Waals surface area contributed by atoms with Crippen LogP contribution >= 0.6 is 0 Å². The number of carbonyl (C=O) groups is 1. The Bertz CT molecular complexity index is 897. The molecule has 0 aliphatic carbocycles. The molecule has 0 saturated carbocycles. The largest absolute Gasteiger partial charge is 0.378 e. The second-order valence-corrected chi connectivity index (χ2v) is 4.91. The summed E-state index contributed by atoms with van der Waals surface area (Å²) in [6, 6.07) is 8.77. The summed E-state index contributed by atoms with van der Waals surface area (Å²) in [6.45, 7) is 3.47. The Morgan fingerprint density at radius 2 is 2.04 bits per heavy atom. The highest BCUT2D eigenvalue weighted by Crippen LogP contribution is 2.14. The van der Waals surface area contributed by atoms with Gasteiger partial charge in [0, 0.05) is 5.56 Å². The fourth-order valence-electron chi connectivity index (χ4n) is 2.04. The van der Waals surface area contributed by atoms with Gasteiger partial charge in [-0.3, -0.25) is 4.79 Å². The van der Waals surface area contributed by atoms with E-state index in [4.69, 9.17) is 5.73 Å². The van der Waals surface area contributed by atoms with Crippen LogP contribution in [-0.4, -0.2) is 36.9 Å². The minimum atomic E-state index is -0.315. The zero-order chi connectivity index (χ0) is 17.1. The van der Waals surface area contributed by atoms with Crippen molar-refractivity contribution in [1.29, 1.82) is 0 Å². The van der Waals surface area contributed by atoms with Crippen molar-refractivity contribution in [2.75, 3.05) is 5.73 Å². The first-order chi connectivity index (χ1) is 11.6. The number of hydrazone groups is 1. The van der Waals surface area contributed by atoms with Crippen LogP contribution in [0, 0.1) is 6.92 Å². The molecule has 2 heterocycles. The first-order valence-electron chi connectivity index (χ1n) is 6.98. The average Bonchev–Trinajstić information content (AvgIpc) is 3.18. The van der Waals surface area contributed by atoms with Crippen molar-refractivity contribution >= 4 is 17.4 Å². The number of nitrogens with zero attached hydrogens (tertiary/aromatic N) is 6. The summed E-state index contributed by atoms with van der Waals surface area (Å²) in [5.74, 6) is 0.0267. The van der Waals surface area contributed by atoms with Crippen molar-refractivity contribution in [3.05, 3.63) is 47.3 Å². The van der Waals surface area contributed by atoms with Crippen LogP contribution in [0.5, 0.6) is 0 Å². The van der Waals surface area contributed by atoms with Gasteiger partial charge in [-0.05, 0) is 36.3 Å². The van der Waals surface area contributed by atoms with Gasteiger partial charge in [-0.15, -0.1) is 5.10 Å². The van der Waals surface area contributed by atoms with E-state index in [2.05, 4.69) is 35.8 Å². The lowest BCUT2D eigenvalue weighted by Gasteiger charge is -2.02.